The molecule has 0 radical (unpaired) electrons. The highest BCUT2D eigenvalue weighted by atomic mass is 35.5. The van der Waals surface area contributed by atoms with Gasteiger partial charge in [0.15, 0.2) is 5.69 Å². The number of carbonyl (C=O) groups excluding carboxylic acids is 1. The van der Waals surface area contributed by atoms with Crippen LogP contribution in [0.2, 0.25) is 5.15 Å². The first-order chi connectivity index (χ1) is 6.57. The van der Waals surface area contributed by atoms with Gasteiger partial charge in [0.05, 0.1) is 6.61 Å². The van der Waals surface area contributed by atoms with Crippen molar-refractivity contribution in [2.75, 3.05) is 6.61 Å². The molecule has 0 aliphatic heterocycles. The molecule has 0 aromatic carbocycles. The number of aromatic nitrogens is 1. The van der Waals surface area contributed by atoms with E-state index in [1.54, 1.807) is 13.8 Å². The Labute approximate surface area is 86.6 Å². The fraction of sp³-hybridized carbons (Fsp3) is 0.333. The van der Waals surface area contributed by atoms with E-state index in [1.165, 1.54) is 12.1 Å². The number of pyridine rings is 1. The second kappa shape index (κ2) is 4.28. The Hall–Kier alpha value is -1.29. The van der Waals surface area contributed by atoms with Crippen LogP contribution in [-0.4, -0.2) is 12.6 Å². The van der Waals surface area contributed by atoms with E-state index in [0.29, 0.717) is 10.4 Å². The molecule has 1 heterocycles. The van der Waals surface area contributed by atoms with Crippen LogP contribution in [0, 0.1) is 12.1 Å². The Bertz CT molecular complexity index is 365. The van der Waals surface area contributed by atoms with E-state index in [0.717, 1.165) is 0 Å². The predicted octanol–water partition coefficient (Wildman–Crippen LogP) is 1.46. The van der Waals surface area contributed by atoms with Crippen molar-refractivity contribution in [1.82, 2.24) is 0 Å². The van der Waals surface area contributed by atoms with Gasteiger partial charge in [-0.05, 0) is 24.6 Å². The molecule has 14 heavy (non-hydrogen) atoms. The van der Waals surface area contributed by atoms with E-state index in [1.807, 2.05) is 0 Å². The molecule has 0 saturated carbocycles. The zero-order chi connectivity index (χ0) is 10.7. The monoisotopic (exact) mass is 215 g/mol. The van der Waals surface area contributed by atoms with Crippen LogP contribution in [0.3, 0.4) is 0 Å². The summed E-state index contributed by atoms with van der Waals surface area (Å²) in [6.45, 7) is 3.54. The summed E-state index contributed by atoms with van der Waals surface area (Å²) in [5.41, 5.74) is 0.525. The lowest BCUT2D eigenvalue weighted by molar-refractivity contribution is -0.610. The van der Waals surface area contributed by atoms with Gasteiger partial charge in [-0.1, -0.05) is 0 Å². The topological polar surface area (TPSA) is 53.2 Å². The maximum Gasteiger partial charge on any atom is 0.346 e. The van der Waals surface area contributed by atoms with Gasteiger partial charge in [0.2, 0.25) is 0 Å². The quantitative estimate of drug-likeness (QED) is 0.325. The lowest BCUT2D eigenvalue weighted by Crippen LogP contribution is -2.33. The van der Waals surface area contributed by atoms with Crippen molar-refractivity contribution < 1.29 is 14.3 Å². The summed E-state index contributed by atoms with van der Waals surface area (Å²) in [4.78, 5) is 11.3. The standard InChI is InChI=1S/C9H10ClNO3/c1-3-14-9(12)7-5-4-6(2)11(13)8(7)10/h4-5H,3H2,1-2H3. The van der Waals surface area contributed by atoms with E-state index in [-0.39, 0.29) is 17.3 Å². The van der Waals surface area contributed by atoms with Gasteiger partial charge in [-0.2, -0.15) is 4.73 Å². The number of ether oxygens (including phenoxy) is 1. The summed E-state index contributed by atoms with van der Waals surface area (Å²) in [6.07, 6.45) is 0. The average Bonchev–Trinajstić information content (AvgIpc) is 2.15. The van der Waals surface area contributed by atoms with Gasteiger partial charge in [-0.3, -0.25) is 0 Å². The van der Waals surface area contributed by atoms with E-state index in [4.69, 9.17) is 16.3 Å². The first kappa shape index (κ1) is 10.8. The molecule has 0 atom stereocenters. The van der Waals surface area contributed by atoms with Crippen molar-refractivity contribution in [3.05, 3.63) is 33.8 Å². The Morgan fingerprint density at radius 1 is 1.64 bits per heavy atom. The smallest absolute Gasteiger partial charge is 0.346 e. The number of rotatable bonds is 2. The number of halogens is 1. The van der Waals surface area contributed by atoms with Gasteiger partial charge in [-0.15, -0.1) is 0 Å². The first-order valence-electron chi connectivity index (χ1n) is 4.13. The third-order valence-corrected chi connectivity index (χ3v) is 2.06. The summed E-state index contributed by atoms with van der Waals surface area (Å²) in [5.74, 6) is -0.581. The fourth-order valence-electron chi connectivity index (χ4n) is 0.966. The lowest BCUT2D eigenvalue weighted by Gasteiger charge is -2.06. The minimum Gasteiger partial charge on any atom is -0.617 e. The van der Waals surface area contributed by atoms with Crippen molar-refractivity contribution in [3.8, 4) is 0 Å². The van der Waals surface area contributed by atoms with Crippen LogP contribution < -0.4 is 4.73 Å². The molecule has 1 aromatic heterocycles. The third-order valence-electron chi connectivity index (χ3n) is 1.71. The average molecular weight is 216 g/mol. The Morgan fingerprint density at radius 3 is 2.86 bits per heavy atom. The number of hydrogen-bond donors (Lipinski definition) is 0. The minimum atomic E-state index is -0.581. The van der Waals surface area contributed by atoms with Crippen LogP contribution in [0.1, 0.15) is 23.0 Å². The van der Waals surface area contributed by atoms with Crippen LogP contribution in [0.5, 0.6) is 0 Å². The van der Waals surface area contributed by atoms with Gasteiger partial charge >= 0.3 is 11.1 Å². The van der Waals surface area contributed by atoms with Crippen LogP contribution in [0.4, 0.5) is 0 Å². The van der Waals surface area contributed by atoms with Crippen LogP contribution in [0.25, 0.3) is 0 Å². The Morgan fingerprint density at radius 2 is 2.29 bits per heavy atom. The summed E-state index contributed by atoms with van der Waals surface area (Å²) < 4.78 is 5.22. The molecule has 0 amide bonds. The summed E-state index contributed by atoms with van der Waals surface area (Å²) in [7, 11) is 0. The largest absolute Gasteiger partial charge is 0.617 e. The highest BCUT2D eigenvalue weighted by Crippen LogP contribution is 2.12. The third kappa shape index (κ3) is 1.96. The Balaban J connectivity index is 3.11. The summed E-state index contributed by atoms with van der Waals surface area (Å²) in [5, 5.41) is 11.1. The fourth-order valence-corrected chi connectivity index (χ4v) is 1.24. The van der Waals surface area contributed by atoms with Crippen molar-refractivity contribution in [3.63, 3.8) is 0 Å². The van der Waals surface area contributed by atoms with Crippen molar-refractivity contribution in [1.29, 1.82) is 0 Å². The molecule has 0 aliphatic rings. The van der Waals surface area contributed by atoms with Crippen molar-refractivity contribution >= 4 is 17.6 Å². The number of nitrogens with zero attached hydrogens (tertiary/aromatic N) is 1. The molecule has 0 N–H and O–H groups in total. The van der Waals surface area contributed by atoms with Gasteiger partial charge in [0.1, 0.15) is 5.56 Å². The van der Waals surface area contributed by atoms with Crippen molar-refractivity contribution in [2.24, 2.45) is 0 Å². The van der Waals surface area contributed by atoms with E-state index < -0.39 is 5.97 Å². The van der Waals surface area contributed by atoms with Crippen molar-refractivity contribution in [2.45, 2.75) is 13.8 Å². The van der Waals surface area contributed by atoms with Gasteiger partial charge < -0.3 is 9.94 Å². The molecule has 4 nitrogen and oxygen atoms in total. The number of hydrogen-bond acceptors (Lipinski definition) is 3. The Kier molecular flexibility index (Phi) is 3.30. The highest BCUT2D eigenvalue weighted by molar-refractivity contribution is 6.31. The SMILES string of the molecule is CCOC(=O)c1ccc(C)[n+]([O-])c1Cl. The molecule has 0 spiro atoms. The highest BCUT2D eigenvalue weighted by Gasteiger charge is 2.19. The molecular formula is C9H10ClNO3. The van der Waals surface area contributed by atoms with E-state index >= 15 is 0 Å². The first-order valence-corrected chi connectivity index (χ1v) is 4.51. The lowest BCUT2D eigenvalue weighted by atomic mass is 10.2. The molecule has 0 fully saturated rings. The van der Waals surface area contributed by atoms with Gasteiger partial charge in [0, 0.05) is 13.0 Å². The number of carbonyl (C=O) groups is 1. The number of esters is 1. The molecule has 0 aliphatic carbocycles. The zero-order valence-corrected chi connectivity index (χ0v) is 8.67. The predicted molar refractivity (Wildman–Crippen MR) is 51.1 cm³/mol. The summed E-state index contributed by atoms with van der Waals surface area (Å²) in [6, 6.07) is 3.00. The minimum absolute atomic E-state index is 0.0918. The summed E-state index contributed by atoms with van der Waals surface area (Å²) >= 11 is 5.68. The second-order valence-electron chi connectivity index (χ2n) is 2.69. The maximum absolute atomic E-state index is 11.3. The molecule has 0 bridgehead atoms. The molecule has 1 rings (SSSR count). The van der Waals surface area contributed by atoms with Gasteiger partial charge in [0.25, 0.3) is 0 Å². The zero-order valence-electron chi connectivity index (χ0n) is 7.91. The molecule has 1 aromatic rings. The molecule has 76 valence electrons. The van der Waals surface area contributed by atoms with Crippen LogP contribution in [-0.2, 0) is 4.74 Å². The normalized spacial score (nSPS) is 9.93. The molecular weight excluding hydrogens is 206 g/mol. The maximum atomic E-state index is 11.3. The van der Waals surface area contributed by atoms with Crippen LogP contribution >= 0.6 is 11.6 Å². The second-order valence-corrected chi connectivity index (χ2v) is 3.05. The van der Waals surface area contributed by atoms with Crippen LogP contribution in [0.15, 0.2) is 12.1 Å². The molecule has 0 unspecified atom stereocenters. The van der Waals surface area contributed by atoms with Gasteiger partial charge in [-0.25, -0.2) is 4.79 Å². The van der Waals surface area contributed by atoms with E-state index in [9.17, 15) is 10.0 Å². The molecule has 5 heteroatoms. The molecule has 0 saturated heterocycles. The number of aryl methyl sites for hydroxylation is 1. The van der Waals surface area contributed by atoms with E-state index in [2.05, 4.69) is 0 Å².